The molecule has 2 unspecified atom stereocenters. The van der Waals surface area contributed by atoms with Crippen molar-refractivity contribution in [1.29, 1.82) is 0 Å². The monoisotopic (exact) mass is 290 g/mol. The van der Waals surface area contributed by atoms with Crippen molar-refractivity contribution >= 4 is 21.8 Å². The molecule has 0 aliphatic carbocycles. The van der Waals surface area contributed by atoms with E-state index in [0.29, 0.717) is 5.92 Å². The number of rotatable bonds is 5. The maximum absolute atomic E-state index is 11.4. The first kappa shape index (κ1) is 14.0. The molecule has 2 atom stereocenters. The quantitative estimate of drug-likeness (QED) is 0.786. The number of piperidine rings is 1. The lowest BCUT2D eigenvalue weighted by atomic mass is 10.1. The third kappa shape index (κ3) is 5.30. The number of hydrogen-bond donors (Lipinski definition) is 1. The number of amides is 1. The highest BCUT2D eigenvalue weighted by atomic mass is 79.9. The third-order valence-corrected chi connectivity index (χ3v) is 3.42. The first-order valence-electron chi connectivity index (χ1n) is 6.23. The van der Waals surface area contributed by atoms with Crippen molar-refractivity contribution in [2.24, 2.45) is 5.92 Å². The first-order chi connectivity index (χ1) is 7.59. The van der Waals surface area contributed by atoms with Crippen LogP contribution in [0, 0.1) is 5.92 Å². The zero-order chi connectivity index (χ0) is 12.0. The van der Waals surface area contributed by atoms with Gasteiger partial charge < -0.3 is 10.2 Å². The normalized spacial score (nSPS) is 21.4. The Morgan fingerprint density at radius 2 is 1.94 bits per heavy atom. The van der Waals surface area contributed by atoms with Gasteiger partial charge >= 0.3 is 0 Å². The summed E-state index contributed by atoms with van der Waals surface area (Å²) in [5.74, 6) is 0.624. The van der Waals surface area contributed by atoms with Gasteiger partial charge in [0, 0.05) is 13.1 Å². The molecule has 4 heteroatoms. The van der Waals surface area contributed by atoms with E-state index in [1.165, 1.54) is 32.4 Å². The van der Waals surface area contributed by atoms with Crippen LogP contribution in [0.3, 0.4) is 0 Å². The van der Waals surface area contributed by atoms with Crippen LogP contribution in [0.25, 0.3) is 0 Å². The topological polar surface area (TPSA) is 32.3 Å². The van der Waals surface area contributed by atoms with Gasteiger partial charge in [0.1, 0.15) is 0 Å². The lowest BCUT2D eigenvalue weighted by Gasteiger charge is -2.29. The molecule has 1 fully saturated rings. The van der Waals surface area contributed by atoms with Crippen LogP contribution in [0.4, 0.5) is 0 Å². The van der Waals surface area contributed by atoms with E-state index in [4.69, 9.17) is 0 Å². The summed E-state index contributed by atoms with van der Waals surface area (Å²) >= 11 is 3.27. The van der Waals surface area contributed by atoms with Crippen LogP contribution in [0.1, 0.15) is 33.1 Å². The van der Waals surface area contributed by atoms with Gasteiger partial charge in [-0.25, -0.2) is 0 Å². The average Bonchev–Trinajstić information content (AvgIpc) is 2.27. The molecule has 1 amide bonds. The van der Waals surface area contributed by atoms with Gasteiger partial charge in [-0.15, -0.1) is 0 Å². The van der Waals surface area contributed by atoms with Crippen LogP contribution < -0.4 is 5.32 Å². The summed E-state index contributed by atoms with van der Waals surface area (Å²) in [5, 5.41) is 2.96. The Morgan fingerprint density at radius 1 is 1.31 bits per heavy atom. The van der Waals surface area contributed by atoms with Crippen LogP contribution >= 0.6 is 15.9 Å². The molecule has 1 N–H and O–H groups in total. The molecule has 0 bridgehead atoms. The predicted molar refractivity (Wildman–Crippen MR) is 70.9 cm³/mol. The molecule has 1 rings (SSSR count). The van der Waals surface area contributed by atoms with Crippen LogP contribution in [-0.2, 0) is 4.79 Å². The van der Waals surface area contributed by atoms with E-state index in [-0.39, 0.29) is 10.7 Å². The molecule has 0 aromatic heterocycles. The number of carbonyl (C=O) groups is 1. The molecular weight excluding hydrogens is 268 g/mol. The van der Waals surface area contributed by atoms with Crippen LogP contribution in [0.5, 0.6) is 0 Å². The van der Waals surface area contributed by atoms with E-state index in [2.05, 4.69) is 33.1 Å². The maximum Gasteiger partial charge on any atom is 0.233 e. The van der Waals surface area contributed by atoms with Crippen molar-refractivity contribution < 1.29 is 4.79 Å². The minimum absolute atomic E-state index is 0.0883. The molecule has 94 valence electrons. The summed E-state index contributed by atoms with van der Waals surface area (Å²) in [4.78, 5) is 13.8. The van der Waals surface area contributed by atoms with Crippen molar-refractivity contribution in [1.82, 2.24) is 10.2 Å². The molecule has 16 heavy (non-hydrogen) atoms. The SMILES string of the molecule is CC(CNC(=O)C(C)Br)CN1CCCCC1. The fraction of sp³-hybridized carbons (Fsp3) is 0.917. The Hall–Kier alpha value is -0.0900. The molecule has 1 aliphatic rings. The zero-order valence-electron chi connectivity index (χ0n) is 10.3. The van der Waals surface area contributed by atoms with Crippen molar-refractivity contribution in [3.8, 4) is 0 Å². The second-order valence-electron chi connectivity index (χ2n) is 4.83. The van der Waals surface area contributed by atoms with Gasteiger partial charge in [0.05, 0.1) is 4.83 Å². The third-order valence-electron chi connectivity index (χ3n) is 3.00. The lowest BCUT2D eigenvalue weighted by molar-refractivity contribution is -0.120. The van der Waals surface area contributed by atoms with Crippen LogP contribution in [0.15, 0.2) is 0 Å². The Bertz CT molecular complexity index is 215. The van der Waals surface area contributed by atoms with E-state index in [9.17, 15) is 4.79 Å². The van der Waals surface area contributed by atoms with Crippen LogP contribution in [0.2, 0.25) is 0 Å². The Morgan fingerprint density at radius 3 is 2.50 bits per heavy atom. The highest BCUT2D eigenvalue weighted by Gasteiger charge is 2.14. The Labute approximate surface area is 107 Å². The largest absolute Gasteiger partial charge is 0.355 e. The van der Waals surface area contributed by atoms with Crippen molar-refractivity contribution in [2.75, 3.05) is 26.2 Å². The van der Waals surface area contributed by atoms with Gasteiger partial charge in [0.25, 0.3) is 0 Å². The molecule has 0 aromatic rings. The summed E-state index contributed by atoms with van der Waals surface area (Å²) in [7, 11) is 0. The van der Waals surface area contributed by atoms with E-state index in [1.807, 2.05) is 6.92 Å². The molecule has 1 heterocycles. The Balaban J connectivity index is 2.14. The van der Waals surface area contributed by atoms with E-state index < -0.39 is 0 Å². The number of hydrogen-bond acceptors (Lipinski definition) is 2. The lowest BCUT2D eigenvalue weighted by Crippen LogP contribution is -2.39. The van der Waals surface area contributed by atoms with E-state index >= 15 is 0 Å². The van der Waals surface area contributed by atoms with Gasteiger partial charge in [-0.05, 0) is 38.8 Å². The molecule has 0 aromatic carbocycles. The molecule has 0 saturated carbocycles. The fourth-order valence-electron chi connectivity index (χ4n) is 2.06. The van der Waals surface area contributed by atoms with Gasteiger partial charge in [-0.1, -0.05) is 29.3 Å². The highest BCUT2D eigenvalue weighted by Crippen LogP contribution is 2.10. The van der Waals surface area contributed by atoms with E-state index in [1.54, 1.807) is 0 Å². The minimum atomic E-state index is -0.0883. The predicted octanol–water partition coefficient (Wildman–Crippen LogP) is 2.01. The maximum atomic E-state index is 11.4. The number of alkyl halides is 1. The summed E-state index contributed by atoms with van der Waals surface area (Å²) < 4.78 is 0. The summed E-state index contributed by atoms with van der Waals surface area (Å²) in [5.41, 5.74) is 0. The molecule has 3 nitrogen and oxygen atoms in total. The number of nitrogens with zero attached hydrogens (tertiary/aromatic N) is 1. The number of halogens is 1. The summed E-state index contributed by atoms with van der Waals surface area (Å²) in [6, 6.07) is 0. The fourth-order valence-corrected chi connectivity index (χ4v) is 2.22. The summed E-state index contributed by atoms with van der Waals surface area (Å²) in [6.45, 7) is 8.40. The summed E-state index contributed by atoms with van der Waals surface area (Å²) in [6.07, 6.45) is 4.04. The zero-order valence-corrected chi connectivity index (χ0v) is 11.9. The first-order valence-corrected chi connectivity index (χ1v) is 7.15. The second kappa shape index (κ2) is 7.28. The highest BCUT2D eigenvalue weighted by molar-refractivity contribution is 9.10. The molecule has 1 aliphatic heterocycles. The second-order valence-corrected chi connectivity index (χ2v) is 6.20. The number of carbonyl (C=O) groups excluding carboxylic acids is 1. The van der Waals surface area contributed by atoms with Gasteiger partial charge in [0.15, 0.2) is 0 Å². The Kier molecular flexibility index (Phi) is 6.36. The standard InChI is InChI=1S/C12H23BrN2O/c1-10(8-14-12(16)11(2)13)9-15-6-4-3-5-7-15/h10-11H,3-9H2,1-2H3,(H,14,16). The number of likely N-dealkylation sites (tertiary alicyclic amines) is 1. The number of nitrogens with one attached hydrogen (secondary N) is 1. The molecule has 1 saturated heterocycles. The molecular formula is C12H23BrN2O. The smallest absolute Gasteiger partial charge is 0.233 e. The van der Waals surface area contributed by atoms with Gasteiger partial charge in [-0.2, -0.15) is 0 Å². The van der Waals surface area contributed by atoms with Gasteiger partial charge in [0.2, 0.25) is 5.91 Å². The van der Waals surface area contributed by atoms with Crippen molar-refractivity contribution in [3.05, 3.63) is 0 Å². The average molecular weight is 291 g/mol. The minimum Gasteiger partial charge on any atom is -0.355 e. The van der Waals surface area contributed by atoms with Crippen molar-refractivity contribution in [3.63, 3.8) is 0 Å². The van der Waals surface area contributed by atoms with Gasteiger partial charge in [-0.3, -0.25) is 4.79 Å². The molecule has 0 spiro atoms. The van der Waals surface area contributed by atoms with E-state index in [0.717, 1.165) is 13.1 Å². The van der Waals surface area contributed by atoms with Crippen LogP contribution in [-0.4, -0.2) is 41.8 Å². The van der Waals surface area contributed by atoms with Crippen molar-refractivity contribution in [2.45, 2.75) is 37.9 Å². The molecule has 0 radical (unpaired) electrons.